The number of benzene rings is 1. The van der Waals surface area contributed by atoms with E-state index in [1.54, 1.807) is 6.08 Å². The SMILES string of the molecule is CCCCOc1ccc(/C=C/C(=O)OC)cc1. The van der Waals surface area contributed by atoms with E-state index in [4.69, 9.17) is 4.74 Å². The summed E-state index contributed by atoms with van der Waals surface area (Å²) in [5.41, 5.74) is 0.943. The molecule has 0 fully saturated rings. The largest absolute Gasteiger partial charge is 0.494 e. The van der Waals surface area contributed by atoms with Crippen LogP contribution in [0.4, 0.5) is 0 Å². The molecule has 0 aliphatic carbocycles. The van der Waals surface area contributed by atoms with Crippen molar-refractivity contribution in [2.75, 3.05) is 13.7 Å². The maximum absolute atomic E-state index is 10.9. The number of carbonyl (C=O) groups is 1. The van der Waals surface area contributed by atoms with Gasteiger partial charge in [0.2, 0.25) is 0 Å². The fourth-order valence-electron chi connectivity index (χ4n) is 1.24. The van der Waals surface area contributed by atoms with E-state index in [-0.39, 0.29) is 5.97 Å². The van der Waals surface area contributed by atoms with Gasteiger partial charge in [0.25, 0.3) is 0 Å². The Kier molecular flexibility index (Phi) is 5.86. The Morgan fingerprint density at radius 2 is 2.00 bits per heavy atom. The van der Waals surface area contributed by atoms with Crippen LogP contribution in [0.15, 0.2) is 30.3 Å². The normalized spacial score (nSPS) is 10.5. The van der Waals surface area contributed by atoms with Gasteiger partial charge in [0.05, 0.1) is 13.7 Å². The van der Waals surface area contributed by atoms with Crippen LogP contribution < -0.4 is 4.74 Å². The molecule has 1 rings (SSSR count). The first-order chi connectivity index (χ1) is 8.26. The second-order valence-electron chi connectivity index (χ2n) is 3.63. The minimum Gasteiger partial charge on any atom is -0.494 e. The molecule has 0 aliphatic heterocycles. The van der Waals surface area contributed by atoms with Crippen LogP contribution in [-0.4, -0.2) is 19.7 Å². The predicted molar refractivity (Wildman–Crippen MR) is 67.9 cm³/mol. The molecule has 0 bridgehead atoms. The highest BCUT2D eigenvalue weighted by molar-refractivity contribution is 5.86. The number of unbranched alkanes of at least 4 members (excludes halogenated alkanes) is 1. The molecule has 0 radical (unpaired) electrons. The summed E-state index contributed by atoms with van der Waals surface area (Å²) in [5, 5.41) is 0. The highest BCUT2D eigenvalue weighted by atomic mass is 16.5. The Morgan fingerprint density at radius 3 is 2.59 bits per heavy atom. The average Bonchev–Trinajstić information content (AvgIpc) is 2.37. The van der Waals surface area contributed by atoms with Crippen LogP contribution in [0.2, 0.25) is 0 Å². The average molecular weight is 234 g/mol. The molecule has 1 aromatic carbocycles. The molecule has 17 heavy (non-hydrogen) atoms. The van der Waals surface area contributed by atoms with Crippen molar-refractivity contribution < 1.29 is 14.3 Å². The number of rotatable bonds is 6. The third-order valence-electron chi connectivity index (χ3n) is 2.26. The van der Waals surface area contributed by atoms with Gasteiger partial charge in [-0.25, -0.2) is 4.79 Å². The van der Waals surface area contributed by atoms with Gasteiger partial charge in [-0.2, -0.15) is 0 Å². The lowest BCUT2D eigenvalue weighted by Crippen LogP contribution is -1.96. The number of esters is 1. The summed E-state index contributed by atoms with van der Waals surface area (Å²) in [4.78, 5) is 10.9. The van der Waals surface area contributed by atoms with E-state index in [2.05, 4.69) is 11.7 Å². The monoisotopic (exact) mass is 234 g/mol. The molecule has 0 atom stereocenters. The van der Waals surface area contributed by atoms with E-state index in [0.29, 0.717) is 0 Å². The minimum atomic E-state index is -0.353. The van der Waals surface area contributed by atoms with Crippen LogP contribution in [-0.2, 0) is 9.53 Å². The topological polar surface area (TPSA) is 35.5 Å². The fourth-order valence-corrected chi connectivity index (χ4v) is 1.24. The number of ether oxygens (including phenoxy) is 2. The molecule has 0 unspecified atom stereocenters. The van der Waals surface area contributed by atoms with Crippen molar-refractivity contribution in [3.05, 3.63) is 35.9 Å². The maximum Gasteiger partial charge on any atom is 0.330 e. The van der Waals surface area contributed by atoms with Crippen LogP contribution in [0.5, 0.6) is 5.75 Å². The first kappa shape index (κ1) is 13.3. The van der Waals surface area contributed by atoms with Gasteiger partial charge in [-0.15, -0.1) is 0 Å². The van der Waals surface area contributed by atoms with Crippen LogP contribution >= 0.6 is 0 Å². The molecule has 0 heterocycles. The molecule has 92 valence electrons. The standard InChI is InChI=1S/C14H18O3/c1-3-4-11-17-13-8-5-12(6-9-13)7-10-14(15)16-2/h5-10H,3-4,11H2,1-2H3/b10-7+. The highest BCUT2D eigenvalue weighted by Crippen LogP contribution is 2.13. The first-order valence-electron chi connectivity index (χ1n) is 5.75. The lowest BCUT2D eigenvalue weighted by Gasteiger charge is -2.04. The lowest BCUT2D eigenvalue weighted by atomic mass is 10.2. The molecule has 0 aromatic heterocycles. The zero-order valence-corrected chi connectivity index (χ0v) is 10.3. The molecule has 3 nitrogen and oxygen atoms in total. The smallest absolute Gasteiger partial charge is 0.330 e. The predicted octanol–water partition coefficient (Wildman–Crippen LogP) is 3.05. The molecule has 0 saturated heterocycles. The zero-order valence-electron chi connectivity index (χ0n) is 10.3. The summed E-state index contributed by atoms with van der Waals surface area (Å²) in [7, 11) is 1.36. The summed E-state index contributed by atoms with van der Waals surface area (Å²) < 4.78 is 10.0. The summed E-state index contributed by atoms with van der Waals surface area (Å²) >= 11 is 0. The van der Waals surface area contributed by atoms with Crippen LogP contribution in [0.1, 0.15) is 25.3 Å². The molecular weight excluding hydrogens is 216 g/mol. The minimum absolute atomic E-state index is 0.353. The molecule has 0 spiro atoms. The summed E-state index contributed by atoms with van der Waals surface area (Å²) in [6.45, 7) is 2.87. The van der Waals surface area contributed by atoms with Gasteiger partial charge in [0.15, 0.2) is 0 Å². The zero-order chi connectivity index (χ0) is 12.5. The van der Waals surface area contributed by atoms with Crippen molar-refractivity contribution >= 4 is 12.0 Å². The number of hydrogen-bond donors (Lipinski definition) is 0. The second kappa shape index (κ2) is 7.49. The molecule has 3 heteroatoms. The van der Waals surface area contributed by atoms with Crippen molar-refractivity contribution in [3.63, 3.8) is 0 Å². The summed E-state index contributed by atoms with van der Waals surface area (Å²) in [6, 6.07) is 7.60. The number of hydrogen-bond acceptors (Lipinski definition) is 3. The number of methoxy groups -OCH3 is 1. The number of carbonyl (C=O) groups excluding carboxylic acids is 1. The lowest BCUT2D eigenvalue weighted by molar-refractivity contribution is -0.134. The third kappa shape index (κ3) is 5.20. The molecule has 1 aromatic rings. The van der Waals surface area contributed by atoms with Crippen molar-refractivity contribution in [2.45, 2.75) is 19.8 Å². The van der Waals surface area contributed by atoms with Crippen LogP contribution in [0, 0.1) is 0 Å². The summed E-state index contributed by atoms with van der Waals surface area (Å²) in [5.74, 6) is 0.502. The molecule has 0 aliphatic rings. The van der Waals surface area contributed by atoms with Gasteiger partial charge in [0.1, 0.15) is 5.75 Å². The molecular formula is C14H18O3. The van der Waals surface area contributed by atoms with Gasteiger partial charge in [0, 0.05) is 6.08 Å². The first-order valence-corrected chi connectivity index (χ1v) is 5.75. The van der Waals surface area contributed by atoms with Gasteiger partial charge in [-0.05, 0) is 30.2 Å². The van der Waals surface area contributed by atoms with E-state index >= 15 is 0 Å². The van der Waals surface area contributed by atoms with Gasteiger partial charge < -0.3 is 9.47 Å². The van der Waals surface area contributed by atoms with Crippen LogP contribution in [0.25, 0.3) is 6.08 Å². The van der Waals surface area contributed by atoms with Crippen molar-refractivity contribution in [1.82, 2.24) is 0 Å². The Bertz CT molecular complexity index is 366. The fraction of sp³-hybridized carbons (Fsp3) is 0.357. The quantitative estimate of drug-likeness (QED) is 0.431. The second-order valence-corrected chi connectivity index (χ2v) is 3.63. The molecule has 0 N–H and O–H groups in total. The molecule has 0 amide bonds. The maximum atomic E-state index is 10.9. The van der Waals surface area contributed by atoms with Gasteiger partial charge in [-0.3, -0.25) is 0 Å². The van der Waals surface area contributed by atoms with E-state index in [0.717, 1.165) is 30.8 Å². The molecule has 0 saturated carbocycles. The van der Waals surface area contributed by atoms with Crippen molar-refractivity contribution in [1.29, 1.82) is 0 Å². The Hall–Kier alpha value is -1.77. The Balaban J connectivity index is 2.50. The highest BCUT2D eigenvalue weighted by Gasteiger charge is 1.94. The van der Waals surface area contributed by atoms with Gasteiger partial charge in [-0.1, -0.05) is 25.5 Å². The van der Waals surface area contributed by atoms with Crippen LogP contribution in [0.3, 0.4) is 0 Å². The van der Waals surface area contributed by atoms with E-state index < -0.39 is 0 Å². The van der Waals surface area contributed by atoms with E-state index in [1.165, 1.54) is 13.2 Å². The van der Waals surface area contributed by atoms with Gasteiger partial charge >= 0.3 is 5.97 Å². The van der Waals surface area contributed by atoms with Crippen molar-refractivity contribution in [3.8, 4) is 5.75 Å². The third-order valence-corrected chi connectivity index (χ3v) is 2.26. The Morgan fingerprint density at radius 1 is 1.29 bits per heavy atom. The van der Waals surface area contributed by atoms with Crippen molar-refractivity contribution in [2.24, 2.45) is 0 Å². The summed E-state index contributed by atoms with van der Waals surface area (Å²) in [6.07, 6.45) is 5.29. The van der Waals surface area contributed by atoms with E-state index in [1.807, 2.05) is 24.3 Å². The van der Waals surface area contributed by atoms with E-state index in [9.17, 15) is 4.79 Å². The Labute approximate surface area is 102 Å².